The molecule has 0 radical (unpaired) electrons. The lowest BCUT2D eigenvalue weighted by molar-refractivity contribution is 0.154. The Morgan fingerprint density at radius 1 is 0.579 bits per heavy atom. The molecule has 0 rings (SSSR count). The van der Waals surface area contributed by atoms with Crippen molar-refractivity contribution in [3.63, 3.8) is 0 Å². The van der Waals surface area contributed by atoms with Crippen molar-refractivity contribution in [1.29, 1.82) is 0 Å². The van der Waals surface area contributed by atoms with Gasteiger partial charge in [-0.1, -0.05) is 87.1 Å². The third-order valence-electron chi connectivity index (χ3n) is 6.77. The molecule has 0 fully saturated rings. The van der Waals surface area contributed by atoms with Crippen LogP contribution < -0.4 is 10.6 Å². The first kappa shape index (κ1) is 36.8. The van der Waals surface area contributed by atoms with Gasteiger partial charge in [0.1, 0.15) is 0 Å². The zero-order valence-electron chi connectivity index (χ0n) is 25.3. The molecular formula is C33H63N3O2. The molecule has 0 aliphatic carbocycles. The van der Waals surface area contributed by atoms with Gasteiger partial charge in [0.05, 0.1) is 12.2 Å². The summed E-state index contributed by atoms with van der Waals surface area (Å²) < 4.78 is 0. The Labute approximate surface area is 236 Å². The summed E-state index contributed by atoms with van der Waals surface area (Å²) in [7, 11) is 2.13. The number of unbranched alkanes of at least 4 members (excludes halogenated alkanes) is 8. The van der Waals surface area contributed by atoms with Crippen molar-refractivity contribution in [3.05, 3.63) is 48.6 Å². The Balaban J connectivity index is 3.45. The average Bonchev–Trinajstić information content (AvgIpc) is 2.91. The molecule has 0 aliphatic rings. The third-order valence-corrected chi connectivity index (χ3v) is 6.77. The van der Waals surface area contributed by atoms with E-state index in [0.717, 1.165) is 64.7 Å². The molecule has 0 amide bonds. The topological polar surface area (TPSA) is 67.8 Å². The van der Waals surface area contributed by atoms with Crippen LogP contribution in [-0.4, -0.2) is 73.6 Å². The summed E-state index contributed by atoms with van der Waals surface area (Å²) in [5.41, 5.74) is 0. The van der Waals surface area contributed by atoms with Gasteiger partial charge in [0.2, 0.25) is 0 Å². The molecule has 0 aromatic heterocycles. The predicted octanol–water partition coefficient (Wildman–Crippen LogP) is 6.55. The molecule has 38 heavy (non-hydrogen) atoms. The fraction of sp³-hybridized carbons (Fsp3) is 0.758. The monoisotopic (exact) mass is 533 g/mol. The first-order chi connectivity index (χ1) is 18.6. The summed E-state index contributed by atoms with van der Waals surface area (Å²) in [6.45, 7) is 9.18. The van der Waals surface area contributed by atoms with Crippen LogP contribution in [0.25, 0.3) is 0 Å². The summed E-state index contributed by atoms with van der Waals surface area (Å²) in [5, 5.41) is 27.1. The molecule has 0 aromatic rings. The molecule has 5 heteroatoms. The highest BCUT2D eigenvalue weighted by Crippen LogP contribution is 2.09. The highest BCUT2D eigenvalue weighted by molar-refractivity contribution is 4.91. The van der Waals surface area contributed by atoms with Gasteiger partial charge in [-0.05, 0) is 72.3 Å². The Morgan fingerprint density at radius 2 is 1.00 bits per heavy atom. The summed E-state index contributed by atoms with van der Waals surface area (Å²) in [4.78, 5) is 2.29. The van der Waals surface area contributed by atoms with Gasteiger partial charge in [-0.2, -0.15) is 0 Å². The maximum absolute atomic E-state index is 10.2. The molecule has 0 saturated carbocycles. The van der Waals surface area contributed by atoms with Crippen LogP contribution in [0, 0.1) is 0 Å². The predicted molar refractivity (Wildman–Crippen MR) is 168 cm³/mol. The maximum atomic E-state index is 10.2. The zero-order valence-corrected chi connectivity index (χ0v) is 25.3. The molecule has 0 aromatic carbocycles. The summed E-state index contributed by atoms with van der Waals surface area (Å²) in [5.74, 6) is 0. The highest BCUT2D eigenvalue weighted by atomic mass is 16.3. The number of hydrogen-bond donors (Lipinski definition) is 4. The number of hydrogen-bond acceptors (Lipinski definition) is 5. The van der Waals surface area contributed by atoms with Gasteiger partial charge in [0.15, 0.2) is 0 Å². The van der Waals surface area contributed by atoms with Crippen molar-refractivity contribution >= 4 is 0 Å². The molecule has 5 nitrogen and oxygen atoms in total. The number of rotatable bonds is 28. The van der Waals surface area contributed by atoms with Crippen molar-refractivity contribution < 1.29 is 10.2 Å². The summed E-state index contributed by atoms with van der Waals surface area (Å²) >= 11 is 0. The SMILES string of the molecule is C/C=C\C/C=C\CCCCCCC(O)CNCCN(C)CCNCC(O)CCCCCC/C=C\C/C=C\C. The minimum Gasteiger partial charge on any atom is -0.392 e. The van der Waals surface area contributed by atoms with E-state index >= 15 is 0 Å². The van der Waals surface area contributed by atoms with Gasteiger partial charge in [0.25, 0.3) is 0 Å². The molecule has 0 bridgehead atoms. The first-order valence-corrected chi connectivity index (χ1v) is 15.6. The number of aliphatic hydroxyl groups is 2. The van der Waals surface area contributed by atoms with Gasteiger partial charge in [-0.25, -0.2) is 0 Å². The molecule has 0 spiro atoms. The quantitative estimate of drug-likeness (QED) is 0.0679. The molecule has 2 atom stereocenters. The number of aliphatic hydroxyl groups excluding tert-OH is 2. The van der Waals surface area contributed by atoms with Crippen LogP contribution in [0.15, 0.2) is 48.6 Å². The average molecular weight is 534 g/mol. The lowest BCUT2D eigenvalue weighted by atomic mass is 10.1. The van der Waals surface area contributed by atoms with Crippen molar-refractivity contribution in [2.75, 3.05) is 46.3 Å². The van der Waals surface area contributed by atoms with Crippen LogP contribution in [0.2, 0.25) is 0 Å². The van der Waals surface area contributed by atoms with Crippen molar-refractivity contribution in [2.24, 2.45) is 0 Å². The van der Waals surface area contributed by atoms with E-state index in [-0.39, 0.29) is 12.2 Å². The van der Waals surface area contributed by atoms with Crippen LogP contribution in [0.3, 0.4) is 0 Å². The van der Waals surface area contributed by atoms with Gasteiger partial charge in [-0.15, -0.1) is 0 Å². The molecule has 0 saturated heterocycles. The molecule has 0 heterocycles. The minimum absolute atomic E-state index is 0.241. The van der Waals surface area contributed by atoms with Crippen molar-refractivity contribution in [2.45, 2.75) is 116 Å². The second-order valence-corrected chi connectivity index (χ2v) is 10.6. The van der Waals surface area contributed by atoms with Crippen LogP contribution in [-0.2, 0) is 0 Å². The number of nitrogens with zero attached hydrogens (tertiary/aromatic N) is 1. The van der Waals surface area contributed by atoms with E-state index in [1.165, 1.54) is 51.4 Å². The molecule has 2 unspecified atom stereocenters. The fourth-order valence-electron chi connectivity index (χ4n) is 4.24. The number of allylic oxidation sites excluding steroid dienone is 8. The summed E-state index contributed by atoms with van der Waals surface area (Å²) in [6, 6.07) is 0. The Kier molecular flexibility index (Phi) is 29.3. The normalized spacial score (nSPS) is 14.3. The molecule has 222 valence electrons. The molecule has 4 N–H and O–H groups in total. The maximum Gasteiger partial charge on any atom is 0.0664 e. The van der Waals surface area contributed by atoms with E-state index in [1.54, 1.807) is 0 Å². The third kappa shape index (κ3) is 29.3. The number of likely N-dealkylation sites (N-methyl/N-ethyl adjacent to an activating group) is 1. The lowest BCUT2D eigenvalue weighted by Gasteiger charge is -2.19. The fourth-order valence-corrected chi connectivity index (χ4v) is 4.24. The standard InChI is InChI=1S/C33H63N3O2/c1-4-6-8-10-12-14-16-18-20-22-24-32(37)30-34-26-28-36(3)29-27-35-31-33(38)25-23-21-19-17-15-13-11-9-7-5-2/h4-7,10-13,32-35,37-38H,8-9,14-31H2,1-3H3/b6-4-,7-5-,12-10-,13-11-. The lowest BCUT2D eigenvalue weighted by Crippen LogP contribution is -2.38. The second kappa shape index (κ2) is 30.3. The second-order valence-electron chi connectivity index (χ2n) is 10.6. The van der Waals surface area contributed by atoms with Gasteiger partial charge in [-0.3, -0.25) is 0 Å². The van der Waals surface area contributed by atoms with E-state index in [4.69, 9.17) is 0 Å². The minimum atomic E-state index is -0.241. The Bertz CT molecular complexity index is 539. The first-order valence-electron chi connectivity index (χ1n) is 15.6. The summed E-state index contributed by atoms with van der Waals surface area (Å²) in [6.07, 6.45) is 32.9. The van der Waals surface area contributed by atoms with Crippen molar-refractivity contribution in [3.8, 4) is 0 Å². The van der Waals surface area contributed by atoms with Crippen LogP contribution >= 0.6 is 0 Å². The number of nitrogens with one attached hydrogen (secondary N) is 2. The Morgan fingerprint density at radius 3 is 1.42 bits per heavy atom. The van der Waals surface area contributed by atoms with E-state index in [0.29, 0.717) is 13.1 Å². The van der Waals surface area contributed by atoms with Crippen molar-refractivity contribution in [1.82, 2.24) is 15.5 Å². The van der Waals surface area contributed by atoms with E-state index in [9.17, 15) is 10.2 Å². The molecular weight excluding hydrogens is 470 g/mol. The smallest absolute Gasteiger partial charge is 0.0664 e. The van der Waals surface area contributed by atoms with Crippen LogP contribution in [0.5, 0.6) is 0 Å². The van der Waals surface area contributed by atoms with Crippen LogP contribution in [0.4, 0.5) is 0 Å². The van der Waals surface area contributed by atoms with Gasteiger partial charge in [0, 0.05) is 39.3 Å². The van der Waals surface area contributed by atoms with Gasteiger partial charge >= 0.3 is 0 Å². The zero-order chi connectivity index (χ0) is 27.9. The molecule has 0 aliphatic heterocycles. The van der Waals surface area contributed by atoms with E-state index < -0.39 is 0 Å². The Hall–Kier alpha value is -1.24. The highest BCUT2D eigenvalue weighted by Gasteiger charge is 2.06. The largest absolute Gasteiger partial charge is 0.392 e. The van der Waals surface area contributed by atoms with Crippen LogP contribution in [0.1, 0.15) is 104 Å². The van der Waals surface area contributed by atoms with Gasteiger partial charge < -0.3 is 25.7 Å². The van der Waals surface area contributed by atoms with E-state index in [1.807, 2.05) is 0 Å². The van der Waals surface area contributed by atoms with E-state index in [2.05, 4.69) is 85.0 Å².